The largest absolute Gasteiger partial charge is 0.283 e. The average Bonchev–Trinajstić information content (AvgIpc) is 2.39. The Morgan fingerprint density at radius 1 is 1.16 bits per heavy atom. The van der Waals surface area contributed by atoms with Crippen LogP contribution >= 0.6 is 23.4 Å². The summed E-state index contributed by atoms with van der Waals surface area (Å²) in [4.78, 5) is 11.6. The van der Waals surface area contributed by atoms with Crippen LogP contribution in [-0.2, 0) is 0 Å². The third-order valence-electron chi connectivity index (χ3n) is 2.37. The Bertz CT molecular complexity index is 683. The zero-order valence-corrected chi connectivity index (χ0v) is 11.1. The first-order chi connectivity index (χ1) is 9.13. The molecular formula is C13H7ClN2O2S. The Labute approximate surface area is 118 Å². The zero-order chi connectivity index (χ0) is 13.8. The van der Waals surface area contributed by atoms with Crippen LogP contribution in [0.3, 0.4) is 0 Å². The Balaban J connectivity index is 2.46. The van der Waals surface area contributed by atoms with Crippen LogP contribution in [0.2, 0.25) is 5.02 Å². The molecule has 0 amide bonds. The number of halogens is 1. The van der Waals surface area contributed by atoms with Crippen LogP contribution < -0.4 is 0 Å². The van der Waals surface area contributed by atoms with Crippen LogP contribution in [-0.4, -0.2) is 4.92 Å². The highest BCUT2D eigenvalue weighted by Gasteiger charge is 2.16. The zero-order valence-electron chi connectivity index (χ0n) is 9.54. The summed E-state index contributed by atoms with van der Waals surface area (Å²) < 4.78 is 0. The van der Waals surface area contributed by atoms with Gasteiger partial charge in [-0.3, -0.25) is 10.1 Å². The predicted molar refractivity (Wildman–Crippen MR) is 73.4 cm³/mol. The molecule has 0 saturated heterocycles. The van der Waals surface area contributed by atoms with Gasteiger partial charge < -0.3 is 0 Å². The van der Waals surface area contributed by atoms with Crippen molar-refractivity contribution < 1.29 is 4.92 Å². The normalized spacial score (nSPS) is 9.89. The molecule has 94 valence electrons. The van der Waals surface area contributed by atoms with E-state index >= 15 is 0 Å². The smallest absolute Gasteiger partial charge is 0.258 e. The van der Waals surface area contributed by atoms with Crippen molar-refractivity contribution in [1.82, 2.24) is 0 Å². The molecule has 2 aromatic rings. The summed E-state index contributed by atoms with van der Waals surface area (Å²) in [5, 5.41) is 20.3. The van der Waals surface area contributed by atoms with Gasteiger partial charge in [-0.25, -0.2) is 0 Å². The van der Waals surface area contributed by atoms with Crippen molar-refractivity contribution in [2.45, 2.75) is 9.79 Å². The number of nitro groups is 1. The van der Waals surface area contributed by atoms with E-state index in [-0.39, 0.29) is 5.69 Å². The van der Waals surface area contributed by atoms with Crippen molar-refractivity contribution in [3.8, 4) is 6.07 Å². The van der Waals surface area contributed by atoms with E-state index in [1.807, 2.05) is 6.07 Å². The minimum Gasteiger partial charge on any atom is -0.258 e. The Morgan fingerprint density at radius 2 is 1.84 bits per heavy atom. The maximum absolute atomic E-state index is 10.9. The maximum Gasteiger partial charge on any atom is 0.283 e. The fraction of sp³-hybridized carbons (Fsp3) is 0. The third kappa shape index (κ3) is 2.87. The highest BCUT2D eigenvalue weighted by molar-refractivity contribution is 7.99. The highest BCUT2D eigenvalue weighted by Crippen LogP contribution is 2.37. The predicted octanol–water partition coefficient (Wildman–Crippen LogP) is 4.27. The second-order valence-electron chi connectivity index (χ2n) is 3.55. The molecule has 0 aromatic heterocycles. The lowest BCUT2D eigenvalue weighted by molar-refractivity contribution is -0.387. The minimum atomic E-state index is -0.446. The van der Waals surface area contributed by atoms with Gasteiger partial charge in [-0.05, 0) is 18.2 Å². The van der Waals surface area contributed by atoms with E-state index < -0.39 is 4.92 Å². The number of benzene rings is 2. The number of nitro benzene ring substituents is 1. The summed E-state index contributed by atoms with van der Waals surface area (Å²) >= 11 is 7.09. The van der Waals surface area contributed by atoms with E-state index in [0.29, 0.717) is 20.4 Å². The number of hydrogen-bond acceptors (Lipinski definition) is 4. The van der Waals surface area contributed by atoms with Gasteiger partial charge in [-0.15, -0.1) is 0 Å². The monoisotopic (exact) mass is 290 g/mol. The molecule has 0 aliphatic carbocycles. The molecule has 0 heterocycles. The molecule has 0 saturated carbocycles. The van der Waals surface area contributed by atoms with Crippen LogP contribution in [0, 0.1) is 21.4 Å². The maximum atomic E-state index is 10.9. The van der Waals surface area contributed by atoms with Crippen molar-refractivity contribution in [3.63, 3.8) is 0 Å². The van der Waals surface area contributed by atoms with Crippen LogP contribution in [0.25, 0.3) is 0 Å². The average molecular weight is 291 g/mol. The van der Waals surface area contributed by atoms with Gasteiger partial charge in [-0.2, -0.15) is 5.26 Å². The Hall–Kier alpha value is -2.03. The molecule has 0 radical (unpaired) electrons. The van der Waals surface area contributed by atoms with Crippen LogP contribution in [0.1, 0.15) is 5.56 Å². The SMILES string of the molecule is N#Cc1c(Cl)cccc1Sc1ccccc1[N+](=O)[O-]. The molecule has 0 fully saturated rings. The van der Waals surface area contributed by atoms with Crippen molar-refractivity contribution in [3.05, 3.63) is 63.2 Å². The van der Waals surface area contributed by atoms with Crippen LogP contribution in [0.4, 0.5) is 5.69 Å². The van der Waals surface area contributed by atoms with Gasteiger partial charge in [-0.1, -0.05) is 41.6 Å². The Morgan fingerprint density at radius 3 is 2.53 bits per heavy atom. The summed E-state index contributed by atoms with van der Waals surface area (Å²) in [5.74, 6) is 0. The highest BCUT2D eigenvalue weighted by atomic mass is 35.5. The quantitative estimate of drug-likeness (QED) is 0.625. The van der Waals surface area contributed by atoms with Crippen LogP contribution in [0.15, 0.2) is 52.3 Å². The molecule has 0 unspecified atom stereocenters. The molecule has 0 spiro atoms. The number of rotatable bonds is 3. The molecule has 0 N–H and O–H groups in total. The van der Waals surface area contributed by atoms with Gasteiger partial charge in [0.1, 0.15) is 6.07 Å². The summed E-state index contributed by atoms with van der Waals surface area (Å²) in [6, 6.07) is 13.4. The van der Waals surface area contributed by atoms with Gasteiger partial charge in [0.05, 0.1) is 20.4 Å². The van der Waals surface area contributed by atoms with E-state index in [2.05, 4.69) is 0 Å². The lowest BCUT2D eigenvalue weighted by Crippen LogP contribution is -1.91. The lowest BCUT2D eigenvalue weighted by atomic mass is 10.2. The fourth-order valence-corrected chi connectivity index (χ4v) is 2.82. The molecule has 0 bridgehead atoms. The lowest BCUT2D eigenvalue weighted by Gasteiger charge is -2.05. The molecular weight excluding hydrogens is 284 g/mol. The number of nitrogens with zero attached hydrogens (tertiary/aromatic N) is 2. The molecule has 0 aliphatic rings. The number of nitriles is 1. The van der Waals surface area contributed by atoms with Gasteiger partial charge >= 0.3 is 0 Å². The summed E-state index contributed by atoms with van der Waals surface area (Å²) in [6.07, 6.45) is 0. The fourth-order valence-electron chi connectivity index (χ4n) is 1.51. The first-order valence-corrected chi connectivity index (χ1v) is 6.43. The molecule has 2 rings (SSSR count). The molecule has 0 aliphatic heterocycles. The van der Waals surface area contributed by atoms with Gasteiger partial charge in [0, 0.05) is 11.0 Å². The van der Waals surface area contributed by atoms with Gasteiger partial charge in [0.2, 0.25) is 0 Å². The van der Waals surface area contributed by atoms with E-state index in [9.17, 15) is 10.1 Å². The van der Waals surface area contributed by atoms with Crippen molar-refractivity contribution in [2.24, 2.45) is 0 Å². The van der Waals surface area contributed by atoms with Gasteiger partial charge in [0.25, 0.3) is 5.69 Å². The van der Waals surface area contributed by atoms with E-state index in [0.717, 1.165) is 11.8 Å². The number of hydrogen-bond donors (Lipinski definition) is 0. The molecule has 2 aromatic carbocycles. The summed E-state index contributed by atoms with van der Waals surface area (Å²) in [7, 11) is 0. The second kappa shape index (κ2) is 5.74. The summed E-state index contributed by atoms with van der Waals surface area (Å²) in [6.45, 7) is 0. The molecule has 19 heavy (non-hydrogen) atoms. The summed E-state index contributed by atoms with van der Waals surface area (Å²) in [5.41, 5.74) is 0.337. The van der Waals surface area contributed by atoms with Crippen molar-refractivity contribution >= 4 is 29.1 Å². The topological polar surface area (TPSA) is 66.9 Å². The van der Waals surface area contributed by atoms with Gasteiger partial charge in [0.15, 0.2) is 0 Å². The van der Waals surface area contributed by atoms with Crippen LogP contribution in [0.5, 0.6) is 0 Å². The second-order valence-corrected chi connectivity index (χ2v) is 5.04. The third-order valence-corrected chi connectivity index (χ3v) is 3.81. The standard InChI is InChI=1S/C13H7ClN2O2S/c14-10-4-3-7-12(9(10)8-15)19-13-6-2-1-5-11(13)16(17)18/h1-7H. The van der Waals surface area contributed by atoms with Crippen molar-refractivity contribution in [2.75, 3.05) is 0 Å². The Kier molecular flexibility index (Phi) is 4.05. The number of para-hydroxylation sites is 1. The van der Waals surface area contributed by atoms with E-state index in [1.54, 1.807) is 36.4 Å². The molecule has 4 nitrogen and oxygen atoms in total. The van der Waals surface area contributed by atoms with Crippen molar-refractivity contribution in [1.29, 1.82) is 5.26 Å². The molecule has 6 heteroatoms. The van der Waals surface area contributed by atoms with E-state index in [1.165, 1.54) is 6.07 Å². The molecule has 0 atom stereocenters. The first kappa shape index (κ1) is 13.4. The van der Waals surface area contributed by atoms with E-state index in [4.69, 9.17) is 16.9 Å². The minimum absolute atomic E-state index is 0.0105. The first-order valence-electron chi connectivity index (χ1n) is 5.23.